The van der Waals surface area contributed by atoms with Gasteiger partial charge in [0.25, 0.3) is 0 Å². The van der Waals surface area contributed by atoms with Gasteiger partial charge in [-0.05, 0) is 6.07 Å². The molecule has 1 aromatic carbocycles. The number of nitrogens with zero attached hydrogens (tertiary/aromatic N) is 1. The minimum Gasteiger partial charge on any atom is -0.496 e. The molecule has 0 aliphatic rings. The Bertz CT molecular complexity index is 326. The highest BCUT2D eigenvalue weighted by Gasteiger charge is 2.17. The van der Waals surface area contributed by atoms with Crippen LogP contribution in [0.3, 0.4) is 0 Å². The molecule has 1 aromatic rings. The first-order valence-electron chi connectivity index (χ1n) is 4.08. The average molecular weight is 197 g/mol. The van der Waals surface area contributed by atoms with Gasteiger partial charge in [-0.1, -0.05) is 18.2 Å². The van der Waals surface area contributed by atoms with Crippen LogP contribution in [0, 0.1) is 10.1 Å². The lowest BCUT2D eigenvalue weighted by Crippen LogP contribution is -2.12. The van der Waals surface area contributed by atoms with Crippen LogP contribution in [-0.4, -0.2) is 23.7 Å². The second-order valence-electron chi connectivity index (χ2n) is 2.77. The third-order valence-electron chi connectivity index (χ3n) is 1.82. The van der Waals surface area contributed by atoms with Crippen molar-refractivity contribution in [2.45, 2.75) is 6.10 Å². The van der Waals surface area contributed by atoms with Gasteiger partial charge in [-0.2, -0.15) is 0 Å². The van der Waals surface area contributed by atoms with E-state index in [1.807, 2.05) is 0 Å². The van der Waals surface area contributed by atoms with E-state index in [2.05, 4.69) is 0 Å². The van der Waals surface area contributed by atoms with Crippen molar-refractivity contribution >= 4 is 0 Å². The van der Waals surface area contributed by atoms with Crippen molar-refractivity contribution in [1.82, 2.24) is 0 Å². The van der Waals surface area contributed by atoms with Crippen LogP contribution in [0.1, 0.15) is 11.7 Å². The summed E-state index contributed by atoms with van der Waals surface area (Å²) in [5.41, 5.74) is 0.437. The van der Waals surface area contributed by atoms with Crippen molar-refractivity contribution in [2.24, 2.45) is 0 Å². The molecule has 0 fully saturated rings. The third kappa shape index (κ3) is 2.43. The molecule has 5 heteroatoms. The van der Waals surface area contributed by atoms with E-state index in [1.165, 1.54) is 7.11 Å². The Labute approximate surface area is 81.1 Å². The quantitative estimate of drug-likeness (QED) is 0.577. The summed E-state index contributed by atoms with van der Waals surface area (Å²) >= 11 is 0. The summed E-state index contributed by atoms with van der Waals surface area (Å²) < 4.78 is 4.97. The van der Waals surface area contributed by atoms with Crippen LogP contribution in [-0.2, 0) is 0 Å². The van der Waals surface area contributed by atoms with Gasteiger partial charge in [0.15, 0.2) is 0 Å². The number of hydrogen-bond acceptors (Lipinski definition) is 4. The Balaban J connectivity index is 2.87. The maximum atomic E-state index is 10.2. The molecule has 0 aromatic heterocycles. The van der Waals surface area contributed by atoms with Gasteiger partial charge < -0.3 is 9.84 Å². The number of para-hydroxylation sites is 1. The highest BCUT2D eigenvalue weighted by molar-refractivity contribution is 5.34. The minimum atomic E-state index is -1.12. The molecule has 0 radical (unpaired) electrons. The van der Waals surface area contributed by atoms with Crippen LogP contribution in [0.5, 0.6) is 5.75 Å². The second-order valence-corrected chi connectivity index (χ2v) is 2.77. The van der Waals surface area contributed by atoms with Crippen LogP contribution >= 0.6 is 0 Å². The molecule has 0 saturated carbocycles. The molecule has 0 spiro atoms. The number of hydrogen-bond donors (Lipinski definition) is 1. The van der Waals surface area contributed by atoms with E-state index in [1.54, 1.807) is 24.3 Å². The molecule has 1 N–H and O–H groups in total. The lowest BCUT2D eigenvalue weighted by molar-refractivity contribution is -0.491. The highest BCUT2D eigenvalue weighted by Crippen LogP contribution is 2.24. The predicted molar refractivity (Wildman–Crippen MR) is 49.8 cm³/mol. The van der Waals surface area contributed by atoms with Gasteiger partial charge in [-0.15, -0.1) is 0 Å². The zero-order valence-corrected chi connectivity index (χ0v) is 7.71. The number of aliphatic hydroxyl groups is 1. The lowest BCUT2D eigenvalue weighted by atomic mass is 10.1. The Morgan fingerprint density at radius 2 is 2.21 bits per heavy atom. The first-order valence-corrected chi connectivity index (χ1v) is 4.08. The molecular weight excluding hydrogens is 186 g/mol. The van der Waals surface area contributed by atoms with Crippen LogP contribution < -0.4 is 4.74 Å². The predicted octanol–water partition coefficient (Wildman–Crippen LogP) is 1.01. The number of rotatable bonds is 4. The lowest BCUT2D eigenvalue weighted by Gasteiger charge is -2.10. The number of methoxy groups -OCH3 is 1. The fourth-order valence-corrected chi connectivity index (χ4v) is 1.18. The van der Waals surface area contributed by atoms with E-state index in [0.717, 1.165) is 0 Å². The molecule has 0 bridgehead atoms. The van der Waals surface area contributed by atoms with E-state index in [9.17, 15) is 15.2 Å². The number of nitro groups is 1. The summed E-state index contributed by atoms with van der Waals surface area (Å²) in [6.07, 6.45) is -1.12. The molecule has 0 amide bonds. The summed E-state index contributed by atoms with van der Waals surface area (Å²) in [6, 6.07) is 6.69. The maximum Gasteiger partial charge on any atom is 0.233 e. The van der Waals surface area contributed by atoms with Crippen LogP contribution in [0.2, 0.25) is 0 Å². The normalized spacial score (nSPS) is 12.1. The van der Waals surface area contributed by atoms with Crippen molar-refractivity contribution in [1.29, 1.82) is 0 Å². The number of benzene rings is 1. The first-order chi connectivity index (χ1) is 6.65. The molecular formula is C9H11NO4. The molecule has 0 saturated heterocycles. The Hall–Kier alpha value is -1.62. The van der Waals surface area contributed by atoms with Crippen molar-refractivity contribution in [2.75, 3.05) is 13.7 Å². The van der Waals surface area contributed by atoms with E-state index >= 15 is 0 Å². The van der Waals surface area contributed by atoms with Crippen LogP contribution in [0.15, 0.2) is 24.3 Å². The summed E-state index contributed by atoms with van der Waals surface area (Å²) in [4.78, 5) is 9.63. The molecule has 0 heterocycles. The summed E-state index contributed by atoms with van der Waals surface area (Å²) in [7, 11) is 1.46. The van der Waals surface area contributed by atoms with Gasteiger partial charge in [0.1, 0.15) is 11.9 Å². The minimum absolute atomic E-state index is 0.437. The van der Waals surface area contributed by atoms with Crippen LogP contribution in [0.4, 0.5) is 0 Å². The Morgan fingerprint density at radius 1 is 1.57 bits per heavy atom. The average Bonchev–Trinajstić information content (AvgIpc) is 2.16. The topological polar surface area (TPSA) is 72.6 Å². The van der Waals surface area contributed by atoms with Crippen molar-refractivity contribution in [3.63, 3.8) is 0 Å². The van der Waals surface area contributed by atoms with Gasteiger partial charge in [0, 0.05) is 10.5 Å². The largest absolute Gasteiger partial charge is 0.496 e. The molecule has 1 rings (SSSR count). The van der Waals surface area contributed by atoms with Crippen molar-refractivity contribution < 1.29 is 14.8 Å². The van der Waals surface area contributed by atoms with E-state index < -0.39 is 17.6 Å². The van der Waals surface area contributed by atoms with Gasteiger partial charge in [-0.3, -0.25) is 10.1 Å². The Morgan fingerprint density at radius 3 is 2.79 bits per heavy atom. The van der Waals surface area contributed by atoms with Gasteiger partial charge >= 0.3 is 0 Å². The highest BCUT2D eigenvalue weighted by atomic mass is 16.6. The van der Waals surface area contributed by atoms with Crippen molar-refractivity contribution in [3.8, 4) is 5.75 Å². The fraction of sp³-hybridized carbons (Fsp3) is 0.333. The van der Waals surface area contributed by atoms with E-state index in [0.29, 0.717) is 11.3 Å². The summed E-state index contributed by atoms with van der Waals surface area (Å²) in [5.74, 6) is 0.460. The van der Waals surface area contributed by atoms with Crippen molar-refractivity contribution in [3.05, 3.63) is 39.9 Å². The SMILES string of the molecule is COc1ccccc1[C@@H](O)C[N+](=O)[O-]. The van der Waals surface area contributed by atoms with Gasteiger partial charge in [0.2, 0.25) is 6.54 Å². The molecule has 0 aliphatic heterocycles. The zero-order valence-electron chi connectivity index (χ0n) is 7.71. The standard InChI is InChI=1S/C9H11NO4/c1-14-9-5-3-2-4-7(9)8(11)6-10(12)13/h2-5,8,11H,6H2,1H3/t8-/m0/s1. The fourth-order valence-electron chi connectivity index (χ4n) is 1.18. The van der Waals surface area contributed by atoms with E-state index in [-0.39, 0.29) is 0 Å². The Kier molecular flexibility index (Phi) is 3.41. The molecule has 1 atom stereocenters. The number of ether oxygens (including phenoxy) is 1. The smallest absolute Gasteiger partial charge is 0.233 e. The van der Waals surface area contributed by atoms with Gasteiger partial charge in [0.05, 0.1) is 7.11 Å². The summed E-state index contributed by atoms with van der Waals surface area (Å²) in [5, 5.41) is 19.7. The zero-order chi connectivity index (χ0) is 10.6. The molecule has 14 heavy (non-hydrogen) atoms. The molecule has 5 nitrogen and oxygen atoms in total. The monoisotopic (exact) mass is 197 g/mol. The molecule has 0 aliphatic carbocycles. The van der Waals surface area contributed by atoms with Crippen LogP contribution in [0.25, 0.3) is 0 Å². The molecule has 76 valence electrons. The van der Waals surface area contributed by atoms with E-state index in [4.69, 9.17) is 4.74 Å². The maximum absolute atomic E-state index is 10.2. The number of aliphatic hydroxyl groups excluding tert-OH is 1. The third-order valence-corrected chi connectivity index (χ3v) is 1.82. The second kappa shape index (κ2) is 4.57. The van der Waals surface area contributed by atoms with Gasteiger partial charge in [-0.25, -0.2) is 0 Å². The summed E-state index contributed by atoms with van der Waals surface area (Å²) in [6.45, 7) is -0.514. The molecule has 0 unspecified atom stereocenters. The first kappa shape index (κ1) is 10.5.